The molecule has 0 spiro atoms. The molecule has 0 aliphatic heterocycles. The molecule has 0 aliphatic rings. The van der Waals surface area contributed by atoms with E-state index in [0.717, 1.165) is 22.6 Å². The Hall–Kier alpha value is -1.81. The minimum absolute atomic E-state index is 0.407. The minimum Gasteiger partial charge on any atom is -0.487 e. The van der Waals surface area contributed by atoms with Crippen molar-refractivity contribution in [3.8, 4) is 5.75 Å². The zero-order valence-electron chi connectivity index (χ0n) is 10.9. The predicted molar refractivity (Wildman–Crippen MR) is 69.4 cm³/mol. The van der Waals surface area contributed by atoms with Gasteiger partial charge in [-0.2, -0.15) is 5.10 Å². The van der Waals surface area contributed by atoms with Gasteiger partial charge in [-0.1, -0.05) is 12.1 Å². The molecule has 0 radical (unpaired) electrons. The van der Waals surface area contributed by atoms with Gasteiger partial charge in [0.25, 0.3) is 0 Å². The first-order valence-electron chi connectivity index (χ1n) is 5.96. The fourth-order valence-corrected chi connectivity index (χ4v) is 1.80. The van der Waals surface area contributed by atoms with Gasteiger partial charge in [0.1, 0.15) is 12.4 Å². The Balaban J connectivity index is 2.15. The Bertz CT molecular complexity index is 532. The first-order chi connectivity index (χ1) is 8.56. The lowest BCUT2D eigenvalue weighted by atomic mass is 10.1. The highest BCUT2D eigenvalue weighted by molar-refractivity contribution is 5.38. The van der Waals surface area contributed by atoms with Crippen molar-refractivity contribution >= 4 is 0 Å². The van der Waals surface area contributed by atoms with E-state index < -0.39 is 6.10 Å². The lowest BCUT2D eigenvalue weighted by Crippen LogP contribution is -2.02. The van der Waals surface area contributed by atoms with Gasteiger partial charge < -0.3 is 9.84 Å². The smallest absolute Gasteiger partial charge is 0.132 e. The fraction of sp³-hybridized carbons (Fsp3) is 0.357. The molecule has 1 N–H and O–H groups in total. The van der Waals surface area contributed by atoms with Crippen LogP contribution in [0.25, 0.3) is 0 Å². The second-order valence-corrected chi connectivity index (χ2v) is 4.49. The molecule has 0 aliphatic carbocycles. The van der Waals surface area contributed by atoms with Crippen molar-refractivity contribution in [2.75, 3.05) is 0 Å². The van der Waals surface area contributed by atoms with Gasteiger partial charge in [-0.3, -0.25) is 4.68 Å². The summed E-state index contributed by atoms with van der Waals surface area (Å²) in [5, 5.41) is 13.9. The maximum absolute atomic E-state index is 9.70. The number of rotatable bonds is 4. The first-order valence-corrected chi connectivity index (χ1v) is 5.96. The maximum atomic E-state index is 9.70. The minimum atomic E-state index is -0.538. The number of hydrogen-bond donors (Lipinski definition) is 1. The highest BCUT2D eigenvalue weighted by Gasteiger charge is 2.10. The van der Waals surface area contributed by atoms with Gasteiger partial charge in [0, 0.05) is 18.8 Å². The van der Waals surface area contributed by atoms with Crippen LogP contribution in [0.5, 0.6) is 5.75 Å². The van der Waals surface area contributed by atoms with Gasteiger partial charge in [0.2, 0.25) is 0 Å². The Kier molecular flexibility index (Phi) is 3.67. The van der Waals surface area contributed by atoms with E-state index in [1.165, 1.54) is 0 Å². The number of aliphatic hydroxyl groups excluding tert-OH is 1. The summed E-state index contributed by atoms with van der Waals surface area (Å²) in [6, 6.07) is 7.71. The molecule has 1 aromatic heterocycles. The number of aryl methyl sites for hydroxylation is 2. The molecule has 18 heavy (non-hydrogen) atoms. The summed E-state index contributed by atoms with van der Waals surface area (Å²) in [6.45, 7) is 4.14. The average Bonchev–Trinajstić information content (AvgIpc) is 2.72. The van der Waals surface area contributed by atoms with E-state index >= 15 is 0 Å². The molecule has 0 saturated carbocycles. The van der Waals surface area contributed by atoms with E-state index in [2.05, 4.69) is 5.10 Å². The average molecular weight is 246 g/mol. The highest BCUT2D eigenvalue weighted by Crippen LogP contribution is 2.26. The molecule has 1 atom stereocenters. The van der Waals surface area contributed by atoms with E-state index in [9.17, 15) is 5.11 Å². The summed E-state index contributed by atoms with van der Waals surface area (Å²) in [4.78, 5) is 0. The van der Waals surface area contributed by atoms with Crippen molar-refractivity contribution < 1.29 is 9.84 Å². The molecular formula is C14H18N2O2. The summed E-state index contributed by atoms with van der Waals surface area (Å²) in [5.74, 6) is 0.718. The third-order valence-electron chi connectivity index (χ3n) is 2.76. The first kappa shape index (κ1) is 12.6. The van der Waals surface area contributed by atoms with Gasteiger partial charge in [-0.25, -0.2) is 0 Å². The summed E-state index contributed by atoms with van der Waals surface area (Å²) in [5.41, 5.74) is 2.78. The lowest BCUT2D eigenvalue weighted by Gasteiger charge is -2.13. The van der Waals surface area contributed by atoms with Crippen LogP contribution in [0.1, 0.15) is 29.8 Å². The van der Waals surface area contributed by atoms with E-state index in [0.29, 0.717) is 6.61 Å². The van der Waals surface area contributed by atoms with Crippen LogP contribution in [0.3, 0.4) is 0 Å². The predicted octanol–water partition coefficient (Wildman–Crippen LogP) is 2.36. The largest absolute Gasteiger partial charge is 0.487 e. The van der Waals surface area contributed by atoms with Crippen LogP contribution in [0.2, 0.25) is 0 Å². The van der Waals surface area contributed by atoms with Crippen molar-refractivity contribution in [3.63, 3.8) is 0 Å². The molecular weight excluding hydrogens is 228 g/mol. The molecule has 2 rings (SSSR count). The zero-order valence-corrected chi connectivity index (χ0v) is 10.9. The number of hydrogen-bond acceptors (Lipinski definition) is 3. The van der Waals surface area contributed by atoms with Gasteiger partial charge in [0.15, 0.2) is 0 Å². The normalized spacial score (nSPS) is 12.4. The van der Waals surface area contributed by atoms with Crippen molar-refractivity contribution in [1.82, 2.24) is 9.78 Å². The van der Waals surface area contributed by atoms with Crippen LogP contribution in [0.4, 0.5) is 0 Å². The lowest BCUT2D eigenvalue weighted by molar-refractivity contribution is 0.189. The number of nitrogens with zero attached hydrogens (tertiary/aromatic N) is 2. The van der Waals surface area contributed by atoms with E-state index in [1.54, 1.807) is 11.6 Å². The number of aliphatic hydroxyl groups is 1. The molecule has 0 saturated heterocycles. The van der Waals surface area contributed by atoms with E-state index in [1.807, 2.05) is 44.4 Å². The summed E-state index contributed by atoms with van der Waals surface area (Å²) in [7, 11) is 1.87. The van der Waals surface area contributed by atoms with Crippen molar-refractivity contribution in [3.05, 3.63) is 47.3 Å². The Morgan fingerprint density at radius 2 is 2.17 bits per heavy atom. The third kappa shape index (κ3) is 2.90. The fourth-order valence-electron chi connectivity index (χ4n) is 1.80. The van der Waals surface area contributed by atoms with Crippen LogP contribution in [-0.2, 0) is 13.7 Å². The SMILES string of the molecule is Cc1ccc([C@H](C)O)c(OCc2ccn(C)n2)c1. The topological polar surface area (TPSA) is 47.3 Å². The van der Waals surface area contributed by atoms with Crippen molar-refractivity contribution in [2.24, 2.45) is 7.05 Å². The molecule has 4 nitrogen and oxygen atoms in total. The van der Waals surface area contributed by atoms with Gasteiger partial charge in [-0.15, -0.1) is 0 Å². The third-order valence-corrected chi connectivity index (χ3v) is 2.76. The number of aromatic nitrogens is 2. The molecule has 96 valence electrons. The second kappa shape index (κ2) is 5.23. The van der Waals surface area contributed by atoms with Gasteiger partial charge in [0.05, 0.1) is 11.8 Å². The molecule has 1 aromatic carbocycles. The van der Waals surface area contributed by atoms with Gasteiger partial charge in [-0.05, 0) is 31.5 Å². The van der Waals surface area contributed by atoms with Crippen LogP contribution in [0, 0.1) is 6.92 Å². The van der Waals surface area contributed by atoms with Crippen LogP contribution >= 0.6 is 0 Å². The molecule has 1 heterocycles. The van der Waals surface area contributed by atoms with Crippen LogP contribution in [0.15, 0.2) is 30.5 Å². The summed E-state index contributed by atoms with van der Waals surface area (Å²) >= 11 is 0. The number of benzene rings is 1. The van der Waals surface area contributed by atoms with Crippen molar-refractivity contribution in [1.29, 1.82) is 0 Å². The van der Waals surface area contributed by atoms with Crippen LogP contribution in [-0.4, -0.2) is 14.9 Å². The maximum Gasteiger partial charge on any atom is 0.132 e. The van der Waals surface area contributed by atoms with E-state index in [4.69, 9.17) is 4.74 Å². The molecule has 0 bridgehead atoms. The van der Waals surface area contributed by atoms with E-state index in [-0.39, 0.29) is 0 Å². The number of ether oxygens (including phenoxy) is 1. The molecule has 0 amide bonds. The Labute approximate surface area is 107 Å². The van der Waals surface area contributed by atoms with Crippen molar-refractivity contribution in [2.45, 2.75) is 26.6 Å². The summed E-state index contributed by atoms with van der Waals surface area (Å²) < 4.78 is 7.48. The molecule has 2 aromatic rings. The second-order valence-electron chi connectivity index (χ2n) is 4.49. The monoisotopic (exact) mass is 246 g/mol. The quantitative estimate of drug-likeness (QED) is 0.900. The molecule has 0 unspecified atom stereocenters. The highest BCUT2D eigenvalue weighted by atomic mass is 16.5. The Morgan fingerprint density at radius 1 is 1.39 bits per heavy atom. The summed E-state index contributed by atoms with van der Waals surface area (Å²) in [6.07, 6.45) is 1.34. The van der Waals surface area contributed by atoms with Gasteiger partial charge >= 0.3 is 0 Å². The standard InChI is InChI=1S/C14H18N2O2/c1-10-4-5-13(11(2)17)14(8-10)18-9-12-6-7-16(3)15-12/h4-8,11,17H,9H2,1-3H3/t11-/m0/s1. The zero-order chi connectivity index (χ0) is 13.1. The Morgan fingerprint density at radius 3 is 2.78 bits per heavy atom. The van der Waals surface area contributed by atoms with Crippen LogP contribution < -0.4 is 4.74 Å². The molecule has 0 fully saturated rings. The molecule has 4 heteroatoms.